The van der Waals surface area contributed by atoms with Crippen LogP contribution in [0.25, 0.3) is 0 Å². The molecule has 1 amide bonds. The van der Waals surface area contributed by atoms with Crippen molar-refractivity contribution in [2.45, 2.75) is 19.3 Å². The van der Waals surface area contributed by atoms with Crippen LogP contribution in [0, 0.1) is 17.7 Å². The molecule has 0 bridgehead atoms. The van der Waals surface area contributed by atoms with Gasteiger partial charge in [-0.15, -0.1) is 0 Å². The molecule has 108 valence electrons. The minimum atomic E-state index is -0.463. The standard InChI is InChI=1S/C15H20FN3O/c16-13-5-4-12(6-14(13)17)18-15(20)9-19-7-10-2-1-3-11(10)8-19/h4-6,10-11H,1-3,7-9,17H2,(H,18,20). The van der Waals surface area contributed by atoms with Gasteiger partial charge in [-0.25, -0.2) is 4.39 Å². The molecule has 2 fully saturated rings. The first-order chi connectivity index (χ1) is 9.61. The van der Waals surface area contributed by atoms with Gasteiger partial charge in [0.1, 0.15) is 5.82 Å². The molecule has 0 aromatic heterocycles. The van der Waals surface area contributed by atoms with E-state index < -0.39 is 5.82 Å². The zero-order valence-electron chi connectivity index (χ0n) is 11.4. The lowest BCUT2D eigenvalue weighted by Gasteiger charge is -2.16. The molecule has 1 aromatic rings. The Morgan fingerprint density at radius 3 is 2.70 bits per heavy atom. The van der Waals surface area contributed by atoms with Gasteiger partial charge < -0.3 is 11.1 Å². The fourth-order valence-corrected chi connectivity index (χ4v) is 3.49. The number of nitrogen functional groups attached to an aromatic ring is 1. The summed E-state index contributed by atoms with van der Waals surface area (Å²) >= 11 is 0. The lowest BCUT2D eigenvalue weighted by atomic mass is 10.0. The monoisotopic (exact) mass is 277 g/mol. The fourth-order valence-electron chi connectivity index (χ4n) is 3.49. The third-order valence-electron chi connectivity index (χ3n) is 4.45. The van der Waals surface area contributed by atoms with E-state index in [0.717, 1.165) is 24.9 Å². The van der Waals surface area contributed by atoms with Gasteiger partial charge in [0.15, 0.2) is 0 Å². The fraction of sp³-hybridized carbons (Fsp3) is 0.533. The Balaban J connectivity index is 1.53. The quantitative estimate of drug-likeness (QED) is 0.832. The Hall–Kier alpha value is -1.62. The highest BCUT2D eigenvalue weighted by Gasteiger charge is 2.36. The number of amides is 1. The van der Waals surface area contributed by atoms with Crippen LogP contribution in [0.1, 0.15) is 19.3 Å². The van der Waals surface area contributed by atoms with Crippen LogP contribution < -0.4 is 11.1 Å². The van der Waals surface area contributed by atoms with Crippen LogP contribution in [0.15, 0.2) is 18.2 Å². The summed E-state index contributed by atoms with van der Waals surface area (Å²) < 4.78 is 13.0. The van der Waals surface area contributed by atoms with Crippen LogP contribution in [-0.4, -0.2) is 30.4 Å². The van der Waals surface area contributed by atoms with E-state index in [1.54, 1.807) is 0 Å². The van der Waals surface area contributed by atoms with Gasteiger partial charge in [-0.1, -0.05) is 6.42 Å². The third kappa shape index (κ3) is 2.77. The average Bonchev–Trinajstić information content (AvgIpc) is 2.94. The van der Waals surface area contributed by atoms with Crippen LogP contribution in [0.5, 0.6) is 0 Å². The number of halogens is 1. The zero-order chi connectivity index (χ0) is 14.1. The highest BCUT2D eigenvalue weighted by atomic mass is 19.1. The molecule has 1 saturated carbocycles. The summed E-state index contributed by atoms with van der Waals surface area (Å²) in [5.41, 5.74) is 6.09. The normalized spacial score (nSPS) is 25.6. The van der Waals surface area contributed by atoms with Gasteiger partial charge in [-0.3, -0.25) is 9.69 Å². The highest BCUT2D eigenvalue weighted by molar-refractivity contribution is 5.92. The summed E-state index contributed by atoms with van der Waals surface area (Å²) in [5, 5.41) is 2.78. The van der Waals surface area contributed by atoms with Crippen LogP contribution >= 0.6 is 0 Å². The van der Waals surface area contributed by atoms with Crippen LogP contribution in [0.3, 0.4) is 0 Å². The molecular formula is C15H20FN3O. The summed E-state index contributed by atoms with van der Waals surface area (Å²) in [6.45, 7) is 2.47. The van der Waals surface area contributed by atoms with Crippen molar-refractivity contribution >= 4 is 17.3 Å². The maximum atomic E-state index is 13.0. The molecule has 1 heterocycles. The average molecular weight is 277 g/mol. The lowest BCUT2D eigenvalue weighted by molar-refractivity contribution is -0.117. The summed E-state index contributed by atoms with van der Waals surface area (Å²) in [6, 6.07) is 4.25. The van der Waals surface area contributed by atoms with Crippen molar-refractivity contribution in [3.05, 3.63) is 24.0 Å². The Bertz CT molecular complexity index is 508. The van der Waals surface area contributed by atoms with Crippen molar-refractivity contribution in [3.63, 3.8) is 0 Å². The first-order valence-electron chi connectivity index (χ1n) is 7.19. The van der Waals surface area contributed by atoms with Crippen molar-refractivity contribution in [1.82, 2.24) is 4.90 Å². The summed E-state index contributed by atoms with van der Waals surface area (Å²) in [7, 11) is 0. The Morgan fingerprint density at radius 2 is 2.05 bits per heavy atom. The molecular weight excluding hydrogens is 257 g/mol. The molecule has 4 nitrogen and oxygen atoms in total. The second kappa shape index (κ2) is 5.40. The molecule has 2 atom stereocenters. The molecule has 3 N–H and O–H groups in total. The van der Waals surface area contributed by atoms with Crippen molar-refractivity contribution in [2.75, 3.05) is 30.7 Å². The molecule has 0 spiro atoms. The SMILES string of the molecule is Nc1cc(NC(=O)CN2CC3CCCC3C2)ccc1F. The molecule has 2 unspecified atom stereocenters. The number of nitrogens with zero attached hydrogens (tertiary/aromatic N) is 1. The largest absolute Gasteiger partial charge is 0.396 e. The number of likely N-dealkylation sites (tertiary alicyclic amines) is 1. The minimum Gasteiger partial charge on any atom is -0.396 e. The molecule has 1 saturated heterocycles. The maximum absolute atomic E-state index is 13.0. The van der Waals surface area contributed by atoms with E-state index in [2.05, 4.69) is 10.2 Å². The van der Waals surface area contributed by atoms with Crippen molar-refractivity contribution in [3.8, 4) is 0 Å². The number of carbonyl (C=O) groups excluding carboxylic acids is 1. The predicted molar refractivity (Wildman–Crippen MR) is 76.7 cm³/mol. The Morgan fingerprint density at radius 1 is 1.35 bits per heavy atom. The molecule has 0 radical (unpaired) electrons. The van der Waals surface area contributed by atoms with Gasteiger partial charge in [0.2, 0.25) is 5.91 Å². The number of rotatable bonds is 3. The van der Waals surface area contributed by atoms with Crippen LogP contribution in [0.4, 0.5) is 15.8 Å². The number of benzene rings is 1. The second-order valence-corrected chi connectivity index (χ2v) is 5.93. The maximum Gasteiger partial charge on any atom is 0.238 e. The topological polar surface area (TPSA) is 58.4 Å². The van der Waals surface area contributed by atoms with Gasteiger partial charge in [0.05, 0.1) is 12.2 Å². The molecule has 5 heteroatoms. The number of hydrogen-bond acceptors (Lipinski definition) is 3. The van der Waals surface area contributed by atoms with Gasteiger partial charge in [-0.2, -0.15) is 0 Å². The molecule has 1 aliphatic carbocycles. The molecule has 1 aliphatic heterocycles. The lowest BCUT2D eigenvalue weighted by Crippen LogP contribution is -2.32. The van der Waals surface area contributed by atoms with Crippen molar-refractivity contribution < 1.29 is 9.18 Å². The summed E-state index contributed by atoms with van der Waals surface area (Å²) in [4.78, 5) is 14.2. The number of anilines is 2. The number of carbonyl (C=O) groups is 1. The minimum absolute atomic E-state index is 0.0542. The van der Waals surface area contributed by atoms with Crippen molar-refractivity contribution in [2.24, 2.45) is 11.8 Å². The predicted octanol–water partition coefficient (Wildman–Crippen LogP) is 2.08. The molecule has 3 rings (SSSR count). The van der Waals surface area contributed by atoms with E-state index in [9.17, 15) is 9.18 Å². The highest BCUT2D eigenvalue weighted by Crippen LogP contribution is 2.37. The van der Waals surface area contributed by atoms with E-state index in [1.807, 2.05) is 0 Å². The zero-order valence-corrected chi connectivity index (χ0v) is 11.4. The smallest absolute Gasteiger partial charge is 0.238 e. The first-order valence-corrected chi connectivity index (χ1v) is 7.19. The number of hydrogen-bond donors (Lipinski definition) is 2. The van der Waals surface area contributed by atoms with Crippen LogP contribution in [0.2, 0.25) is 0 Å². The second-order valence-electron chi connectivity index (χ2n) is 5.93. The summed E-state index contributed by atoms with van der Waals surface area (Å²) in [6.07, 6.45) is 3.94. The van der Waals surface area contributed by atoms with E-state index in [1.165, 1.54) is 37.5 Å². The number of fused-ring (bicyclic) bond motifs is 1. The van der Waals surface area contributed by atoms with Crippen LogP contribution in [-0.2, 0) is 4.79 Å². The molecule has 20 heavy (non-hydrogen) atoms. The van der Waals surface area contributed by atoms with E-state index in [0.29, 0.717) is 12.2 Å². The van der Waals surface area contributed by atoms with Gasteiger partial charge in [-0.05, 0) is 42.9 Å². The van der Waals surface area contributed by atoms with E-state index in [4.69, 9.17) is 5.73 Å². The first kappa shape index (κ1) is 13.4. The summed E-state index contributed by atoms with van der Waals surface area (Å²) in [5.74, 6) is 1.04. The Kier molecular flexibility index (Phi) is 3.61. The number of nitrogens with one attached hydrogen (secondary N) is 1. The van der Waals surface area contributed by atoms with E-state index in [-0.39, 0.29) is 11.6 Å². The van der Waals surface area contributed by atoms with E-state index >= 15 is 0 Å². The van der Waals surface area contributed by atoms with Gasteiger partial charge in [0, 0.05) is 18.8 Å². The van der Waals surface area contributed by atoms with Gasteiger partial charge in [0.25, 0.3) is 0 Å². The van der Waals surface area contributed by atoms with Gasteiger partial charge >= 0.3 is 0 Å². The number of nitrogens with two attached hydrogens (primary N) is 1. The van der Waals surface area contributed by atoms with Crippen molar-refractivity contribution in [1.29, 1.82) is 0 Å². The third-order valence-corrected chi connectivity index (χ3v) is 4.45. The molecule has 1 aromatic carbocycles. The molecule has 2 aliphatic rings. The Labute approximate surface area is 118 Å².